The summed E-state index contributed by atoms with van der Waals surface area (Å²) < 4.78 is 11.2. The van der Waals surface area contributed by atoms with Gasteiger partial charge in [-0.3, -0.25) is 14.9 Å². The van der Waals surface area contributed by atoms with Crippen molar-refractivity contribution in [1.29, 1.82) is 0 Å². The van der Waals surface area contributed by atoms with E-state index < -0.39 is 10.8 Å². The van der Waals surface area contributed by atoms with Gasteiger partial charge in [0, 0.05) is 17.8 Å². The van der Waals surface area contributed by atoms with E-state index in [1.54, 1.807) is 25.3 Å². The minimum Gasteiger partial charge on any atom is -0.493 e. The molecule has 0 atom stereocenters. The number of halogens is 1. The number of hydrogen-bond donors (Lipinski definition) is 1. The van der Waals surface area contributed by atoms with E-state index >= 15 is 0 Å². The van der Waals surface area contributed by atoms with Crippen LogP contribution in [0.5, 0.6) is 11.5 Å². The van der Waals surface area contributed by atoms with Gasteiger partial charge in [-0.2, -0.15) is 0 Å². The maximum absolute atomic E-state index is 12.1. The Bertz CT molecular complexity index is 914. The van der Waals surface area contributed by atoms with Crippen molar-refractivity contribution in [2.75, 3.05) is 19.0 Å². The summed E-state index contributed by atoms with van der Waals surface area (Å²) in [5.74, 6) is 0.812. The smallest absolute Gasteiger partial charge is 0.289 e. The predicted octanol–water partition coefficient (Wildman–Crippen LogP) is 5.87. The van der Waals surface area contributed by atoms with E-state index in [0.29, 0.717) is 18.1 Å². The monoisotopic (exact) mass is 432 g/mol. The van der Waals surface area contributed by atoms with Crippen LogP contribution in [0.3, 0.4) is 0 Å². The fraction of sp³-hybridized carbons (Fsp3) is 0.318. The minimum absolute atomic E-state index is 0.00769. The Labute approximate surface area is 180 Å². The Balaban J connectivity index is 1.99. The summed E-state index contributed by atoms with van der Waals surface area (Å²) in [6, 6.07) is 9.48. The van der Waals surface area contributed by atoms with Gasteiger partial charge in [0.1, 0.15) is 5.02 Å². The molecule has 0 saturated heterocycles. The Morgan fingerprint density at radius 2 is 1.97 bits per heavy atom. The zero-order valence-electron chi connectivity index (χ0n) is 17.0. The zero-order valence-corrected chi connectivity index (χ0v) is 17.8. The largest absolute Gasteiger partial charge is 0.493 e. The number of nitro benzene ring substituents is 1. The first-order valence-electron chi connectivity index (χ1n) is 9.68. The van der Waals surface area contributed by atoms with Crippen LogP contribution in [0.15, 0.2) is 42.5 Å². The number of rotatable bonds is 11. The van der Waals surface area contributed by atoms with Gasteiger partial charge in [-0.05, 0) is 42.3 Å². The van der Waals surface area contributed by atoms with Crippen LogP contribution in [0, 0.1) is 10.1 Å². The van der Waals surface area contributed by atoms with Gasteiger partial charge < -0.3 is 14.8 Å². The van der Waals surface area contributed by atoms with E-state index in [4.69, 9.17) is 21.1 Å². The van der Waals surface area contributed by atoms with Gasteiger partial charge in [0.05, 0.1) is 18.6 Å². The summed E-state index contributed by atoms with van der Waals surface area (Å²) in [5.41, 5.74) is 0.765. The third kappa shape index (κ3) is 7.08. The maximum Gasteiger partial charge on any atom is 0.289 e. The summed E-state index contributed by atoms with van der Waals surface area (Å²) in [7, 11) is 1.56. The predicted molar refractivity (Wildman–Crippen MR) is 118 cm³/mol. The van der Waals surface area contributed by atoms with Crippen LogP contribution in [0.4, 0.5) is 11.4 Å². The van der Waals surface area contributed by atoms with Gasteiger partial charge in [-0.25, -0.2) is 0 Å². The number of carbonyl (C=O) groups is 1. The Morgan fingerprint density at radius 3 is 2.67 bits per heavy atom. The molecule has 0 spiro atoms. The highest BCUT2D eigenvalue weighted by Gasteiger charge is 2.13. The highest BCUT2D eigenvalue weighted by Crippen LogP contribution is 2.29. The van der Waals surface area contributed by atoms with E-state index in [1.807, 2.05) is 6.07 Å². The van der Waals surface area contributed by atoms with Crippen LogP contribution in [0.25, 0.3) is 6.08 Å². The van der Waals surface area contributed by atoms with Crippen LogP contribution in [0.2, 0.25) is 5.02 Å². The van der Waals surface area contributed by atoms with Crippen molar-refractivity contribution in [3.05, 3.63) is 63.2 Å². The summed E-state index contributed by atoms with van der Waals surface area (Å²) in [5, 5.41) is 13.5. The molecule has 2 rings (SSSR count). The number of methoxy groups -OCH3 is 1. The number of anilines is 1. The first-order valence-corrected chi connectivity index (χ1v) is 10.1. The Kier molecular flexibility index (Phi) is 9.15. The molecule has 0 saturated carbocycles. The number of unbranched alkanes of at least 4 members (excludes halogenated alkanes) is 3. The van der Waals surface area contributed by atoms with Gasteiger partial charge in [-0.15, -0.1) is 0 Å². The van der Waals surface area contributed by atoms with E-state index in [0.717, 1.165) is 18.4 Å². The molecule has 2 aromatic carbocycles. The molecule has 30 heavy (non-hydrogen) atoms. The van der Waals surface area contributed by atoms with Crippen molar-refractivity contribution in [3.8, 4) is 11.5 Å². The number of nitrogens with one attached hydrogen (secondary N) is 1. The van der Waals surface area contributed by atoms with E-state index in [-0.39, 0.29) is 16.4 Å². The molecule has 0 heterocycles. The quantitative estimate of drug-likeness (QED) is 0.207. The number of carbonyl (C=O) groups excluding carboxylic acids is 1. The fourth-order valence-corrected chi connectivity index (χ4v) is 2.89. The van der Waals surface area contributed by atoms with Gasteiger partial charge in [0.2, 0.25) is 5.91 Å². The maximum atomic E-state index is 12.1. The van der Waals surface area contributed by atoms with Crippen molar-refractivity contribution < 1.29 is 19.2 Å². The third-order valence-electron chi connectivity index (χ3n) is 4.28. The van der Waals surface area contributed by atoms with E-state index in [9.17, 15) is 14.9 Å². The molecule has 0 bridgehead atoms. The molecule has 0 unspecified atom stereocenters. The summed E-state index contributed by atoms with van der Waals surface area (Å²) in [6.07, 6.45) is 7.43. The van der Waals surface area contributed by atoms with E-state index in [2.05, 4.69) is 12.2 Å². The second kappa shape index (κ2) is 11.8. The molecular weight excluding hydrogens is 408 g/mol. The second-order valence-electron chi connectivity index (χ2n) is 6.57. The standard InChI is InChI=1S/C22H25ClN2O5/c1-3-4-5-6-13-30-20-11-7-16(14-21(20)29-2)8-12-22(26)24-17-9-10-18(23)19(15-17)25(27)28/h7-12,14-15H,3-6,13H2,1-2H3,(H,24,26). The van der Waals surface area contributed by atoms with Crippen molar-refractivity contribution in [1.82, 2.24) is 0 Å². The van der Waals surface area contributed by atoms with Crippen LogP contribution >= 0.6 is 11.6 Å². The third-order valence-corrected chi connectivity index (χ3v) is 4.60. The molecule has 160 valence electrons. The summed E-state index contributed by atoms with van der Waals surface area (Å²) >= 11 is 5.77. The Morgan fingerprint density at radius 1 is 1.17 bits per heavy atom. The van der Waals surface area contributed by atoms with Crippen LogP contribution in [-0.4, -0.2) is 24.5 Å². The van der Waals surface area contributed by atoms with Gasteiger partial charge in [0.15, 0.2) is 11.5 Å². The fourth-order valence-electron chi connectivity index (χ4n) is 2.70. The van der Waals surface area contributed by atoms with Crippen molar-refractivity contribution in [2.24, 2.45) is 0 Å². The minimum atomic E-state index is -0.604. The molecule has 0 aromatic heterocycles. The molecule has 7 nitrogen and oxygen atoms in total. The Hall–Kier alpha value is -3.06. The summed E-state index contributed by atoms with van der Waals surface area (Å²) in [4.78, 5) is 22.5. The lowest BCUT2D eigenvalue weighted by atomic mass is 10.2. The average molecular weight is 433 g/mol. The molecule has 0 aliphatic heterocycles. The molecule has 0 fully saturated rings. The molecule has 0 radical (unpaired) electrons. The molecule has 0 aliphatic carbocycles. The van der Waals surface area contributed by atoms with Crippen LogP contribution in [0.1, 0.15) is 38.2 Å². The van der Waals surface area contributed by atoms with Crippen molar-refractivity contribution in [3.63, 3.8) is 0 Å². The van der Waals surface area contributed by atoms with Crippen LogP contribution < -0.4 is 14.8 Å². The normalized spacial score (nSPS) is 10.8. The number of ether oxygens (including phenoxy) is 2. The van der Waals surface area contributed by atoms with Crippen molar-refractivity contribution >= 4 is 35.0 Å². The lowest BCUT2D eigenvalue weighted by Crippen LogP contribution is -2.08. The molecular formula is C22H25ClN2O5. The lowest BCUT2D eigenvalue weighted by molar-refractivity contribution is -0.384. The average Bonchev–Trinajstić information content (AvgIpc) is 2.73. The topological polar surface area (TPSA) is 90.7 Å². The number of benzene rings is 2. The van der Waals surface area contributed by atoms with Crippen LogP contribution in [-0.2, 0) is 4.79 Å². The first-order chi connectivity index (χ1) is 14.4. The van der Waals surface area contributed by atoms with Gasteiger partial charge >= 0.3 is 0 Å². The number of nitro groups is 1. The zero-order chi connectivity index (χ0) is 21.9. The summed E-state index contributed by atoms with van der Waals surface area (Å²) in [6.45, 7) is 2.79. The second-order valence-corrected chi connectivity index (χ2v) is 6.97. The SMILES string of the molecule is CCCCCCOc1ccc(C=CC(=O)Nc2ccc(Cl)c([N+](=O)[O-])c2)cc1OC. The van der Waals surface area contributed by atoms with Gasteiger partial charge in [0.25, 0.3) is 5.69 Å². The molecule has 1 amide bonds. The molecule has 1 N–H and O–H groups in total. The number of hydrogen-bond acceptors (Lipinski definition) is 5. The van der Waals surface area contributed by atoms with Crippen molar-refractivity contribution in [2.45, 2.75) is 32.6 Å². The van der Waals surface area contributed by atoms with Gasteiger partial charge in [-0.1, -0.05) is 43.9 Å². The molecule has 2 aromatic rings. The highest BCUT2D eigenvalue weighted by molar-refractivity contribution is 6.32. The number of amides is 1. The lowest BCUT2D eigenvalue weighted by Gasteiger charge is -2.11. The molecule has 0 aliphatic rings. The molecule has 8 heteroatoms. The first kappa shape index (κ1) is 23.2. The highest BCUT2D eigenvalue weighted by atomic mass is 35.5. The number of nitrogens with zero attached hydrogens (tertiary/aromatic N) is 1. The van der Waals surface area contributed by atoms with E-state index in [1.165, 1.54) is 37.1 Å².